The van der Waals surface area contributed by atoms with Crippen molar-refractivity contribution in [2.75, 3.05) is 0 Å². The highest BCUT2D eigenvalue weighted by molar-refractivity contribution is 7.98. The van der Waals surface area contributed by atoms with E-state index in [0.717, 1.165) is 28.3 Å². The molecule has 4 rings (SSSR count). The van der Waals surface area contributed by atoms with Crippen LogP contribution < -0.4 is 4.74 Å². The van der Waals surface area contributed by atoms with Gasteiger partial charge in [-0.05, 0) is 61.9 Å². The van der Waals surface area contributed by atoms with Gasteiger partial charge in [0, 0.05) is 23.5 Å². The smallest absolute Gasteiger partial charge is 0.416 e. The van der Waals surface area contributed by atoms with Crippen LogP contribution in [-0.2, 0) is 16.7 Å². The molecule has 1 aliphatic rings. The predicted octanol–water partition coefficient (Wildman–Crippen LogP) is 5.19. The number of alkyl halides is 3. The highest BCUT2D eigenvalue weighted by Crippen LogP contribution is 2.42. The van der Waals surface area contributed by atoms with Crippen LogP contribution in [0.2, 0.25) is 0 Å². The molecule has 3 aromatic rings. The maximum Gasteiger partial charge on any atom is 0.416 e. The van der Waals surface area contributed by atoms with Gasteiger partial charge < -0.3 is 9.84 Å². The summed E-state index contributed by atoms with van der Waals surface area (Å²) in [6.45, 7) is 3.66. The molecule has 0 saturated heterocycles. The third-order valence-corrected chi connectivity index (χ3v) is 6.23. The quantitative estimate of drug-likeness (QED) is 0.486. The average Bonchev–Trinajstić information content (AvgIpc) is 3.43. The van der Waals surface area contributed by atoms with Gasteiger partial charge in [0.15, 0.2) is 0 Å². The summed E-state index contributed by atoms with van der Waals surface area (Å²) in [5.41, 5.74) is 0.879. The maximum absolute atomic E-state index is 12.7. The largest absolute Gasteiger partial charge is 0.478 e. The number of benzene rings is 2. The first-order valence-electron chi connectivity index (χ1n) is 9.84. The molecule has 0 radical (unpaired) electrons. The Morgan fingerprint density at radius 2 is 1.84 bits per heavy atom. The molecule has 0 aliphatic heterocycles. The molecule has 0 bridgehead atoms. The van der Waals surface area contributed by atoms with Crippen molar-refractivity contribution in [2.24, 2.45) is 0 Å². The summed E-state index contributed by atoms with van der Waals surface area (Å²) in [5.74, 6) is 0.131. The topological polar surface area (TPSA) is 77.2 Å². The summed E-state index contributed by atoms with van der Waals surface area (Å²) in [6, 6.07) is 10.2. The summed E-state index contributed by atoms with van der Waals surface area (Å²) >= 11 is 1.53. The fourth-order valence-corrected chi connectivity index (χ4v) is 4.10. The Balaban J connectivity index is 1.43. The van der Waals surface area contributed by atoms with Crippen molar-refractivity contribution in [3.05, 3.63) is 65.0 Å². The Morgan fingerprint density at radius 3 is 2.41 bits per heavy atom. The van der Waals surface area contributed by atoms with Gasteiger partial charge in [0.1, 0.15) is 5.75 Å². The zero-order valence-electron chi connectivity index (χ0n) is 17.3. The van der Waals surface area contributed by atoms with Crippen molar-refractivity contribution < 1.29 is 27.8 Å². The Kier molecular flexibility index (Phi) is 5.66. The van der Waals surface area contributed by atoms with E-state index in [1.165, 1.54) is 28.7 Å². The van der Waals surface area contributed by atoms with Gasteiger partial charge in [0.25, 0.3) is 0 Å². The van der Waals surface area contributed by atoms with E-state index in [-0.39, 0.29) is 0 Å². The standard InChI is InChI=1S/C22H20F3N3O3S/c1-13-11-17(7-8-19(13)31-21(9-10-21)20(29)30)32-12-18-14(2)26-28(27-18)16-5-3-15(4-6-16)22(23,24)25/h3-8,11H,9-10,12H2,1-2H3,(H,29,30). The minimum Gasteiger partial charge on any atom is -0.478 e. The van der Waals surface area contributed by atoms with Crippen molar-refractivity contribution >= 4 is 17.7 Å². The van der Waals surface area contributed by atoms with E-state index in [1.807, 2.05) is 19.1 Å². The number of carboxylic acids is 1. The van der Waals surface area contributed by atoms with E-state index in [1.54, 1.807) is 13.0 Å². The molecule has 6 nitrogen and oxygen atoms in total. The molecule has 0 amide bonds. The lowest BCUT2D eigenvalue weighted by atomic mass is 10.2. The number of hydrogen-bond donors (Lipinski definition) is 1. The normalized spacial score (nSPS) is 14.9. The molecule has 0 atom stereocenters. The molecule has 10 heteroatoms. The van der Waals surface area contributed by atoms with Crippen LogP contribution in [0.1, 0.15) is 35.4 Å². The second-order valence-electron chi connectivity index (χ2n) is 7.68. The lowest BCUT2D eigenvalue weighted by Crippen LogP contribution is -2.29. The first kappa shape index (κ1) is 22.2. The summed E-state index contributed by atoms with van der Waals surface area (Å²) in [6.07, 6.45) is -3.38. The molecule has 1 aromatic heterocycles. The monoisotopic (exact) mass is 463 g/mol. The van der Waals surface area contributed by atoms with Crippen LogP contribution in [0, 0.1) is 13.8 Å². The predicted molar refractivity (Wildman–Crippen MR) is 112 cm³/mol. The van der Waals surface area contributed by atoms with E-state index in [0.29, 0.717) is 35.7 Å². The highest BCUT2D eigenvalue weighted by Gasteiger charge is 2.53. The number of halogens is 3. The summed E-state index contributed by atoms with van der Waals surface area (Å²) in [7, 11) is 0. The Hall–Kier alpha value is -3.01. The zero-order chi connectivity index (χ0) is 23.1. The molecule has 1 heterocycles. The van der Waals surface area contributed by atoms with Crippen molar-refractivity contribution in [3.63, 3.8) is 0 Å². The second kappa shape index (κ2) is 8.16. The molecule has 1 N–H and O–H groups in total. The summed E-state index contributed by atoms with van der Waals surface area (Å²) in [5, 5.41) is 18.0. The van der Waals surface area contributed by atoms with Gasteiger partial charge in [-0.15, -0.1) is 11.8 Å². The molecular weight excluding hydrogens is 443 g/mol. The van der Waals surface area contributed by atoms with Gasteiger partial charge in [-0.3, -0.25) is 0 Å². The SMILES string of the molecule is Cc1cc(SCc2nn(-c3ccc(C(F)(F)F)cc3)nc2C)ccc1OC1(C(=O)O)CC1. The Bertz CT molecular complexity index is 1160. The zero-order valence-corrected chi connectivity index (χ0v) is 18.1. The van der Waals surface area contributed by atoms with Gasteiger partial charge in [-0.2, -0.15) is 28.2 Å². The summed E-state index contributed by atoms with van der Waals surface area (Å²) in [4.78, 5) is 13.6. The molecule has 2 aromatic carbocycles. The molecule has 0 unspecified atom stereocenters. The number of rotatable bonds is 7. The fraction of sp³-hybridized carbons (Fsp3) is 0.318. The first-order chi connectivity index (χ1) is 15.1. The van der Waals surface area contributed by atoms with Crippen molar-refractivity contribution in [1.82, 2.24) is 15.0 Å². The lowest BCUT2D eigenvalue weighted by molar-refractivity contribution is -0.147. The number of aromatic nitrogens is 3. The molecule has 32 heavy (non-hydrogen) atoms. The van der Waals surface area contributed by atoms with E-state index in [4.69, 9.17) is 4.74 Å². The van der Waals surface area contributed by atoms with E-state index < -0.39 is 23.3 Å². The van der Waals surface area contributed by atoms with Gasteiger partial charge in [-0.1, -0.05) is 0 Å². The van der Waals surface area contributed by atoms with Crippen LogP contribution in [0.15, 0.2) is 47.4 Å². The molecule has 1 saturated carbocycles. The number of nitrogens with zero attached hydrogens (tertiary/aromatic N) is 3. The second-order valence-corrected chi connectivity index (χ2v) is 8.73. The van der Waals surface area contributed by atoms with Crippen LogP contribution in [0.25, 0.3) is 5.69 Å². The lowest BCUT2D eigenvalue weighted by Gasteiger charge is -2.16. The van der Waals surface area contributed by atoms with Crippen LogP contribution in [0.5, 0.6) is 5.75 Å². The molecule has 1 aliphatic carbocycles. The van der Waals surface area contributed by atoms with Crippen LogP contribution in [0.4, 0.5) is 13.2 Å². The Labute approximate surface area is 186 Å². The maximum atomic E-state index is 12.7. The average molecular weight is 463 g/mol. The van der Waals surface area contributed by atoms with Crippen LogP contribution in [0.3, 0.4) is 0 Å². The highest BCUT2D eigenvalue weighted by atomic mass is 32.2. The Morgan fingerprint density at radius 1 is 1.16 bits per heavy atom. The van der Waals surface area contributed by atoms with Gasteiger partial charge in [0.05, 0.1) is 22.6 Å². The van der Waals surface area contributed by atoms with Gasteiger partial charge >= 0.3 is 12.1 Å². The molecule has 168 valence electrons. The first-order valence-corrected chi connectivity index (χ1v) is 10.8. The minimum absolute atomic E-state index is 0.446. The number of ether oxygens (including phenoxy) is 1. The number of hydrogen-bond acceptors (Lipinski definition) is 5. The third kappa shape index (κ3) is 4.59. The minimum atomic E-state index is -4.39. The molecular formula is C22H20F3N3O3S. The van der Waals surface area contributed by atoms with E-state index >= 15 is 0 Å². The van der Waals surface area contributed by atoms with Crippen LogP contribution in [-0.4, -0.2) is 31.7 Å². The van der Waals surface area contributed by atoms with Crippen LogP contribution >= 0.6 is 11.8 Å². The summed E-state index contributed by atoms with van der Waals surface area (Å²) < 4.78 is 44.0. The molecule has 1 fully saturated rings. The number of carbonyl (C=O) groups is 1. The third-order valence-electron chi connectivity index (χ3n) is 5.22. The number of aryl methyl sites for hydroxylation is 2. The molecule has 0 spiro atoms. The van der Waals surface area contributed by atoms with Crippen molar-refractivity contribution in [2.45, 2.75) is 49.1 Å². The van der Waals surface area contributed by atoms with Gasteiger partial charge in [-0.25, -0.2) is 4.79 Å². The number of thioether (sulfide) groups is 1. The van der Waals surface area contributed by atoms with E-state index in [2.05, 4.69) is 10.2 Å². The van der Waals surface area contributed by atoms with Crippen molar-refractivity contribution in [1.29, 1.82) is 0 Å². The van der Waals surface area contributed by atoms with Crippen molar-refractivity contribution in [3.8, 4) is 11.4 Å². The fourth-order valence-electron chi connectivity index (χ4n) is 3.10. The van der Waals surface area contributed by atoms with Gasteiger partial charge in [0.2, 0.25) is 5.60 Å². The number of aliphatic carboxylic acids is 1. The number of carboxylic acid groups (broad SMARTS) is 1. The van der Waals surface area contributed by atoms with E-state index in [9.17, 15) is 23.1 Å².